The number of fused-ring (bicyclic) bond motifs is 1. The molecular formula is C22H20ClNO2S. The lowest BCUT2D eigenvalue weighted by atomic mass is 10.0. The van der Waals surface area contributed by atoms with Gasteiger partial charge in [-0.15, -0.1) is 11.3 Å². The fourth-order valence-electron chi connectivity index (χ4n) is 2.82. The van der Waals surface area contributed by atoms with Gasteiger partial charge in [0.15, 0.2) is 5.78 Å². The van der Waals surface area contributed by atoms with Crippen LogP contribution in [0.2, 0.25) is 5.02 Å². The maximum Gasteiger partial charge on any atom is 0.170 e. The Morgan fingerprint density at radius 1 is 1.07 bits per heavy atom. The van der Waals surface area contributed by atoms with Crippen molar-refractivity contribution in [2.24, 2.45) is 4.99 Å². The summed E-state index contributed by atoms with van der Waals surface area (Å²) >= 11 is 7.45. The minimum Gasteiger partial charge on any atom is -0.485 e. The summed E-state index contributed by atoms with van der Waals surface area (Å²) in [7, 11) is 0. The van der Waals surface area contributed by atoms with E-state index in [2.05, 4.69) is 4.99 Å². The third kappa shape index (κ3) is 4.12. The number of ether oxygens (including phenoxy) is 1. The number of halogens is 1. The Morgan fingerprint density at radius 2 is 1.78 bits per heavy atom. The van der Waals surface area contributed by atoms with Gasteiger partial charge in [-0.2, -0.15) is 0 Å². The molecule has 0 saturated carbocycles. The summed E-state index contributed by atoms with van der Waals surface area (Å²) in [5.74, 6) is 0.798. The van der Waals surface area contributed by atoms with Crippen LogP contribution in [-0.4, -0.2) is 18.1 Å². The van der Waals surface area contributed by atoms with Crippen LogP contribution in [0.5, 0.6) is 5.75 Å². The van der Waals surface area contributed by atoms with Gasteiger partial charge in [0.05, 0.1) is 10.6 Å². The molecule has 27 heavy (non-hydrogen) atoms. The number of hydrogen-bond donors (Lipinski definition) is 0. The molecule has 0 saturated heterocycles. The van der Waals surface area contributed by atoms with Crippen LogP contribution in [0.3, 0.4) is 0 Å². The van der Waals surface area contributed by atoms with E-state index in [9.17, 15) is 4.79 Å². The first-order valence-corrected chi connectivity index (χ1v) is 10.1. The molecule has 0 N–H and O–H groups in total. The monoisotopic (exact) mass is 397 g/mol. The Hall–Kier alpha value is -2.43. The van der Waals surface area contributed by atoms with Gasteiger partial charge < -0.3 is 4.74 Å². The van der Waals surface area contributed by atoms with Gasteiger partial charge in [-0.05, 0) is 41.6 Å². The Morgan fingerprint density at radius 3 is 2.48 bits per heavy atom. The highest BCUT2D eigenvalue weighted by Crippen LogP contribution is 2.34. The topological polar surface area (TPSA) is 38.7 Å². The molecule has 3 nitrogen and oxygen atoms in total. The van der Waals surface area contributed by atoms with Crippen molar-refractivity contribution in [2.45, 2.75) is 20.8 Å². The fourth-order valence-corrected chi connectivity index (χ4v) is 3.80. The van der Waals surface area contributed by atoms with E-state index in [1.54, 1.807) is 19.1 Å². The summed E-state index contributed by atoms with van der Waals surface area (Å²) in [6.07, 6.45) is 0. The van der Waals surface area contributed by atoms with Gasteiger partial charge in [0.25, 0.3) is 0 Å². The van der Waals surface area contributed by atoms with Crippen molar-refractivity contribution in [3.8, 4) is 16.9 Å². The average molecular weight is 398 g/mol. The molecule has 4 rings (SSSR count). The first-order valence-electron chi connectivity index (χ1n) is 8.81. The van der Waals surface area contributed by atoms with E-state index in [1.807, 2.05) is 55.6 Å². The van der Waals surface area contributed by atoms with Crippen LogP contribution in [0, 0.1) is 0 Å². The van der Waals surface area contributed by atoms with E-state index in [4.69, 9.17) is 16.3 Å². The number of ketones is 1. The quantitative estimate of drug-likeness (QED) is 0.455. The molecule has 0 radical (unpaired) electrons. The standard InChI is InChI=1S/C20H14ClNO2S.C2H6/c1-12(23)20-16(8-9-25-20)13-2-4-14(5-3-13)18-11-24-19-10-15(21)6-7-17(19)22-18;1-2/h2-10H,11H2,1H3;1-2H3. The van der Waals surface area contributed by atoms with Gasteiger partial charge in [0, 0.05) is 16.7 Å². The molecule has 2 heterocycles. The van der Waals surface area contributed by atoms with Crippen LogP contribution in [-0.2, 0) is 0 Å². The first-order chi connectivity index (χ1) is 13.1. The fraction of sp³-hybridized carbons (Fsp3) is 0.182. The Kier molecular flexibility index (Phi) is 6.09. The van der Waals surface area contributed by atoms with Crippen LogP contribution in [0.4, 0.5) is 5.69 Å². The van der Waals surface area contributed by atoms with E-state index in [-0.39, 0.29) is 5.78 Å². The van der Waals surface area contributed by atoms with Crippen molar-refractivity contribution in [3.63, 3.8) is 0 Å². The number of nitrogens with zero attached hydrogens (tertiary/aromatic N) is 1. The number of hydrogen-bond acceptors (Lipinski definition) is 4. The molecule has 0 unspecified atom stereocenters. The molecule has 2 aromatic carbocycles. The third-order valence-corrected chi connectivity index (χ3v) is 5.31. The molecular weight excluding hydrogens is 378 g/mol. The molecule has 1 aromatic heterocycles. The minimum absolute atomic E-state index is 0.0920. The normalized spacial score (nSPS) is 12.2. The lowest BCUT2D eigenvalue weighted by Gasteiger charge is -2.17. The minimum atomic E-state index is 0.0920. The molecule has 1 aliphatic rings. The zero-order valence-corrected chi connectivity index (χ0v) is 17.0. The predicted molar refractivity (Wildman–Crippen MR) is 114 cm³/mol. The highest BCUT2D eigenvalue weighted by Gasteiger charge is 2.16. The number of aliphatic imine (C=N–C) groups is 1. The zero-order valence-electron chi connectivity index (χ0n) is 15.5. The maximum absolute atomic E-state index is 11.7. The highest BCUT2D eigenvalue weighted by molar-refractivity contribution is 7.12. The van der Waals surface area contributed by atoms with Gasteiger partial charge in [0.2, 0.25) is 0 Å². The van der Waals surface area contributed by atoms with Crippen molar-refractivity contribution < 1.29 is 9.53 Å². The Labute approximate surface area is 168 Å². The molecule has 3 aromatic rings. The zero-order chi connectivity index (χ0) is 19.4. The lowest BCUT2D eigenvalue weighted by Crippen LogP contribution is -2.16. The molecule has 138 valence electrons. The SMILES string of the molecule is CC.CC(=O)c1sccc1-c1ccc(C2=Nc3ccc(Cl)cc3OC2)cc1. The van der Waals surface area contributed by atoms with Crippen molar-refractivity contribution in [1.29, 1.82) is 0 Å². The van der Waals surface area contributed by atoms with Gasteiger partial charge in [-0.3, -0.25) is 4.79 Å². The molecule has 0 aliphatic carbocycles. The smallest absolute Gasteiger partial charge is 0.170 e. The van der Waals surface area contributed by atoms with Gasteiger partial charge in [0.1, 0.15) is 18.0 Å². The van der Waals surface area contributed by atoms with E-state index in [0.717, 1.165) is 33.0 Å². The van der Waals surface area contributed by atoms with Gasteiger partial charge in [-0.25, -0.2) is 4.99 Å². The number of benzene rings is 2. The Bertz CT molecular complexity index is 990. The number of carbonyl (C=O) groups excluding carboxylic acids is 1. The number of thiophene rings is 1. The second-order valence-corrected chi connectivity index (χ2v) is 7.11. The van der Waals surface area contributed by atoms with E-state index >= 15 is 0 Å². The molecule has 5 heteroatoms. The molecule has 0 amide bonds. The molecule has 0 bridgehead atoms. The summed E-state index contributed by atoms with van der Waals surface area (Å²) in [5, 5.41) is 2.58. The van der Waals surface area contributed by atoms with Crippen LogP contribution in [0.15, 0.2) is 58.9 Å². The summed E-state index contributed by atoms with van der Waals surface area (Å²) in [6.45, 7) is 6.01. The van der Waals surface area contributed by atoms with E-state index < -0.39 is 0 Å². The predicted octanol–water partition coefficient (Wildman–Crippen LogP) is 6.81. The number of rotatable bonds is 3. The van der Waals surface area contributed by atoms with E-state index in [1.165, 1.54) is 11.3 Å². The molecule has 1 aliphatic heterocycles. The second-order valence-electron chi connectivity index (χ2n) is 5.76. The van der Waals surface area contributed by atoms with Crippen molar-refractivity contribution in [3.05, 3.63) is 69.4 Å². The molecule has 0 spiro atoms. The second kappa shape index (κ2) is 8.51. The average Bonchev–Trinajstić information content (AvgIpc) is 3.19. The summed E-state index contributed by atoms with van der Waals surface area (Å²) < 4.78 is 5.77. The van der Waals surface area contributed by atoms with Crippen molar-refractivity contribution >= 4 is 40.1 Å². The maximum atomic E-state index is 11.7. The van der Waals surface area contributed by atoms with Crippen molar-refractivity contribution in [2.75, 3.05) is 6.61 Å². The van der Waals surface area contributed by atoms with Crippen LogP contribution in [0.25, 0.3) is 11.1 Å². The van der Waals surface area contributed by atoms with Gasteiger partial charge in [-0.1, -0.05) is 49.7 Å². The molecule has 0 atom stereocenters. The van der Waals surface area contributed by atoms with Crippen LogP contribution in [0.1, 0.15) is 36.0 Å². The number of Topliss-reactive ketones (excluding diaryl/α,β-unsaturated/α-hetero) is 1. The van der Waals surface area contributed by atoms with Gasteiger partial charge >= 0.3 is 0 Å². The summed E-state index contributed by atoms with van der Waals surface area (Å²) in [5.41, 5.74) is 4.67. The third-order valence-electron chi connectivity index (χ3n) is 4.06. The van der Waals surface area contributed by atoms with Crippen LogP contribution >= 0.6 is 22.9 Å². The first kappa shape index (κ1) is 19.3. The summed E-state index contributed by atoms with van der Waals surface area (Å²) in [6, 6.07) is 15.5. The van der Waals surface area contributed by atoms with Crippen LogP contribution < -0.4 is 4.74 Å². The number of carbonyl (C=O) groups is 1. The van der Waals surface area contributed by atoms with Crippen molar-refractivity contribution in [1.82, 2.24) is 0 Å². The summed E-state index contributed by atoms with van der Waals surface area (Å²) in [4.78, 5) is 17.2. The largest absolute Gasteiger partial charge is 0.485 e. The Balaban J connectivity index is 0.00000102. The highest BCUT2D eigenvalue weighted by atomic mass is 35.5. The lowest BCUT2D eigenvalue weighted by molar-refractivity contribution is 0.102. The van der Waals surface area contributed by atoms with E-state index in [0.29, 0.717) is 17.4 Å². The molecule has 0 fully saturated rings.